The van der Waals surface area contributed by atoms with Crippen LogP contribution < -0.4 is 0 Å². The van der Waals surface area contributed by atoms with Crippen molar-refractivity contribution in [3.63, 3.8) is 0 Å². The molecule has 6 heteroatoms. The number of nitrogens with zero attached hydrogens (tertiary/aromatic N) is 1. The first-order valence-corrected chi connectivity index (χ1v) is 9.33. The van der Waals surface area contributed by atoms with Gasteiger partial charge in [-0.3, -0.25) is 4.55 Å². The molecule has 0 bridgehead atoms. The smallest absolute Gasteiger partial charge is 0.267 e. The Bertz CT molecular complexity index is 379. The molecular weight excluding hydrogens is 290 g/mol. The molecule has 0 aliphatic heterocycles. The van der Waals surface area contributed by atoms with Crippen molar-refractivity contribution in [3.8, 4) is 0 Å². The normalized spacial score (nSPS) is 14.1. The van der Waals surface area contributed by atoms with Crippen LogP contribution in [0.3, 0.4) is 0 Å². The summed E-state index contributed by atoms with van der Waals surface area (Å²) >= 11 is 0. The summed E-state index contributed by atoms with van der Waals surface area (Å²) in [5.74, 6) is -0.585. The van der Waals surface area contributed by atoms with Crippen LogP contribution in [-0.2, 0) is 10.1 Å². The minimum atomic E-state index is -4.10. The molecule has 0 aliphatic carbocycles. The second-order valence-corrected chi connectivity index (χ2v) is 7.94. The number of unbranched alkanes of at least 4 members (excludes halogenated alkanes) is 6. The molecule has 0 heterocycles. The van der Waals surface area contributed by atoms with Gasteiger partial charge in [0.25, 0.3) is 10.1 Å². The second kappa shape index (κ2) is 10.3. The Labute approximate surface area is 130 Å². The highest BCUT2D eigenvalue weighted by molar-refractivity contribution is 7.85. The van der Waals surface area contributed by atoms with Gasteiger partial charge in [-0.1, -0.05) is 25.3 Å². The zero-order chi connectivity index (χ0) is 16.4. The maximum Gasteiger partial charge on any atom is 0.267 e. The predicted octanol–water partition coefficient (Wildman–Crippen LogP) is 2.23. The van der Waals surface area contributed by atoms with Gasteiger partial charge in [0.15, 0.2) is 0 Å². The van der Waals surface area contributed by atoms with E-state index in [1.54, 1.807) is 0 Å². The van der Waals surface area contributed by atoms with Gasteiger partial charge in [-0.25, -0.2) is 0 Å². The summed E-state index contributed by atoms with van der Waals surface area (Å²) in [6, 6.07) is 0. The van der Waals surface area contributed by atoms with Crippen molar-refractivity contribution in [2.75, 3.05) is 32.9 Å². The van der Waals surface area contributed by atoms with Gasteiger partial charge in [-0.05, 0) is 25.7 Å². The van der Waals surface area contributed by atoms with Crippen LogP contribution in [0.15, 0.2) is 12.7 Å². The fourth-order valence-electron chi connectivity index (χ4n) is 2.49. The Balaban J connectivity index is 3.75. The monoisotopic (exact) mass is 322 g/mol. The molecule has 5 nitrogen and oxygen atoms in total. The molecule has 0 aromatic heterocycles. The van der Waals surface area contributed by atoms with Gasteiger partial charge in [-0.15, -0.1) is 6.58 Å². The predicted molar refractivity (Wildman–Crippen MR) is 86.8 cm³/mol. The highest BCUT2D eigenvalue weighted by Gasteiger charge is 2.23. The van der Waals surface area contributed by atoms with Gasteiger partial charge >= 0.3 is 0 Å². The largest absolute Gasteiger partial charge is 0.386 e. The van der Waals surface area contributed by atoms with Gasteiger partial charge in [0.05, 0.1) is 20.6 Å². The number of hydrogen-bond donors (Lipinski definition) is 2. The van der Waals surface area contributed by atoms with Crippen molar-refractivity contribution in [1.29, 1.82) is 0 Å². The van der Waals surface area contributed by atoms with E-state index in [1.807, 2.05) is 20.2 Å². The van der Waals surface area contributed by atoms with Crippen molar-refractivity contribution in [2.45, 2.75) is 51.0 Å². The Morgan fingerprint density at radius 2 is 1.62 bits per heavy atom. The molecule has 0 radical (unpaired) electrons. The topological polar surface area (TPSA) is 74.6 Å². The lowest BCUT2D eigenvalue weighted by molar-refractivity contribution is -0.893. The van der Waals surface area contributed by atoms with E-state index in [0.29, 0.717) is 11.0 Å². The average Bonchev–Trinajstić information content (AvgIpc) is 2.29. The summed E-state index contributed by atoms with van der Waals surface area (Å²) in [6.07, 6.45) is 9.17. The Morgan fingerprint density at radius 1 is 1.10 bits per heavy atom. The van der Waals surface area contributed by atoms with E-state index >= 15 is 0 Å². The quantitative estimate of drug-likeness (QED) is 0.236. The summed E-state index contributed by atoms with van der Waals surface area (Å²) in [5.41, 5.74) is 0. The highest BCUT2D eigenvalue weighted by Crippen LogP contribution is 2.10. The van der Waals surface area contributed by atoms with Gasteiger partial charge in [0.1, 0.15) is 18.4 Å². The number of hydrogen-bond acceptors (Lipinski definition) is 3. The van der Waals surface area contributed by atoms with Crippen LogP contribution >= 0.6 is 0 Å². The second-order valence-electron chi connectivity index (χ2n) is 6.44. The number of allylic oxidation sites excluding steroid dienone is 1. The number of aliphatic hydroxyl groups excluding tert-OH is 1. The van der Waals surface area contributed by atoms with Crippen molar-refractivity contribution < 1.29 is 22.6 Å². The molecule has 1 unspecified atom stereocenters. The first-order valence-electron chi connectivity index (χ1n) is 7.72. The van der Waals surface area contributed by atoms with Crippen LogP contribution in [0.25, 0.3) is 0 Å². The van der Waals surface area contributed by atoms with E-state index in [-0.39, 0.29) is 0 Å². The zero-order valence-electron chi connectivity index (χ0n) is 13.5. The van der Waals surface area contributed by atoms with Gasteiger partial charge in [0, 0.05) is 0 Å². The molecular formula is C15H32NO4S+. The molecule has 0 rings (SSSR count). The Morgan fingerprint density at radius 3 is 2.14 bits per heavy atom. The van der Waals surface area contributed by atoms with Crippen LogP contribution in [0, 0.1) is 0 Å². The van der Waals surface area contributed by atoms with Gasteiger partial charge in [-0.2, -0.15) is 8.42 Å². The molecule has 1 atom stereocenters. The molecule has 0 aromatic rings. The Hall–Kier alpha value is -0.430. The maximum absolute atomic E-state index is 10.7. The highest BCUT2D eigenvalue weighted by atomic mass is 32.2. The molecule has 0 spiro atoms. The minimum Gasteiger partial charge on any atom is -0.386 e. The summed E-state index contributed by atoms with van der Waals surface area (Å²) in [6.45, 7) is 4.94. The number of quaternary nitrogens is 1. The fourth-order valence-corrected chi connectivity index (χ4v) is 3.08. The van der Waals surface area contributed by atoms with Crippen molar-refractivity contribution in [3.05, 3.63) is 12.7 Å². The summed E-state index contributed by atoms with van der Waals surface area (Å²) in [5, 5.41) is 9.68. The van der Waals surface area contributed by atoms with Crippen LogP contribution in [0.1, 0.15) is 44.9 Å². The summed E-state index contributed by atoms with van der Waals surface area (Å²) in [4.78, 5) is 0. The van der Waals surface area contributed by atoms with E-state index in [9.17, 15) is 13.5 Å². The molecule has 0 saturated carbocycles. The Kier molecular flexibility index (Phi) is 10.1. The van der Waals surface area contributed by atoms with E-state index < -0.39 is 22.0 Å². The molecule has 21 heavy (non-hydrogen) atoms. The molecule has 0 aliphatic rings. The first kappa shape index (κ1) is 20.6. The van der Waals surface area contributed by atoms with E-state index in [4.69, 9.17) is 4.55 Å². The van der Waals surface area contributed by atoms with E-state index in [1.165, 1.54) is 25.7 Å². The summed E-state index contributed by atoms with van der Waals surface area (Å²) < 4.78 is 30.7. The van der Waals surface area contributed by atoms with Gasteiger partial charge in [0.2, 0.25) is 0 Å². The van der Waals surface area contributed by atoms with Crippen LogP contribution in [0.2, 0.25) is 0 Å². The number of aliphatic hydroxyl groups is 1. The molecule has 2 N–H and O–H groups in total. The van der Waals surface area contributed by atoms with Crippen molar-refractivity contribution >= 4 is 10.1 Å². The third-order valence-electron chi connectivity index (χ3n) is 3.53. The molecule has 0 fully saturated rings. The lowest BCUT2D eigenvalue weighted by Gasteiger charge is -2.31. The average molecular weight is 322 g/mol. The number of likely N-dealkylation sites (N-methyl/N-ethyl adjacent to an activating group) is 1. The first-order chi connectivity index (χ1) is 9.66. The van der Waals surface area contributed by atoms with Crippen LogP contribution in [-0.4, -0.2) is 61.6 Å². The molecule has 126 valence electrons. The van der Waals surface area contributed by atoms with Gasteiger partial charge < -0.3 is 9.59 Å². The van der Waals surface area contributed by atoms with E-state index in [0.717, 1.165) is 25.8 Å². The lowest BCUT2D eigenvalue weighted by Crippen LogP contribution is -2.47. The van der Waals surface area contributed by atoms with Crippen LogP contribution in [0.5, 0.6) is 0 Å². The third kappa shape index (κ3) is 14.3. The SMILES string of the molecule is C=CCCCCCCCC[N+](C)(C)CC(O)CS(=O)(=O)O. The van der Waals surface area contributed by atoms with Crippen LogP contribution in [0.4, 0.5) is 0 Å². The standard InChI is InChI=1S/C15H31NO4S/c1-4-5-6-7-8-9-10-11-12-16(2,3)13-15(17)14-21(18,19)20/h4,15,17H,1,5-14H2,2-3H3/p+1. The minimum absolute atomic E-state index is 0.332. The third-order valence-corrected chi connectivity index (χ3v) is 4.34. The molecule has 0 saturated heterocycles. The maximum atomic E-state index is 10.7. The fraction of sp³-hybridized carbons (Fsp3) is 0.867. The van der Waals surface area contributed by atoms with Crippen molar-refractivity contribution in [2.24, 2.45) is 0 Å². The lowest BCUT2D eigenvalue weighted by atomic mass is 10.1. The van der Waals surface area contributed by atoms with Crippen molar-refractivity contribution in [1.82, 2.24) is 0 Å². The molecule has 0 aromatic carbocycles. The summed E-state index contributed by atoms with van der Waals surface area (Å²) in [7, 11) is -0.164. The number of rotatable bonds is 13. The van der Waals surface area contributed by atoms with E-state index in [2.05, 4.69) is 6.58 Å². The zero-order valence-corrected chi connectivity index (χ0v) is 14.3. The molecule has 0 amide bonds.